The second kappa shape index (κ2) is 6.92. The molecule has 0 spiro atoms. The molecule has 94 valence electrons. The molecule has 0 aliphatic carbocycles. The fourth-order valence-corrected chi connectivity index (χ4v) is 1.55. The van der Waals surface area contributed by atoms with Crippen LogP contribution in [0.15, 0.2) is 11.9 Å². The van der Waals surface area contributed by atoms with Crippen LogP contribution in [-0.4, -0.2) is 39.9 Å². The highest BCUT2D eigenvalue weighted by atomic mass is 16.9. The monoisotopic (exact) mass is 231 g/mol. The first-order valence-corrected chi connectivity index (χ1v) is 5.40. The van der Waals surface area contributed by atoms with Gasteiger partial charge in [-0.05, 0) is 20.3 Å². The van der Waals surface area contributed by atoms with Crippen LogP contribution >= 0.6 is 0 Å². The summed E-state index contributed by atoms with van der Waals surface area (Å²) in [6.45, 7) is 7.85. The van der Waals surface area contributed by atoms with E-state index in [4.69, 9.17) is 15.3 Å². The van der Waals surface area contributed by atoms with E-state index in [9.17, 15) is 0 Å². The van der Waals surface area contributed by atoms with Gasteiger partial charge in [0.15, 0.2) is 0 Å². The predicted molar refractivity (Wildman–Crippen MR) is 61.4 cm³/mol. The molecule has 1 heterocycles. The minimum absolute atomic E-state index is 0.552. The van der Waals surface area contributed by atoms with Crippen LogP contribution in [0.4, 0.5) is 0 Å². The predicted octanol–water partition coefficient (Wildman–Crippen LogP) is 1.89. The zero-order chi connectivity index (χ0) is 12.7. The lowest BCUT2D eigenvalue weighted by Crippen LogP contribution is -2.34. The van der Waals surface area contributed by atoms with E-state index in [1.165, 1.54) is 25.1 Å². The Morgan fingerprint density at radius 1 is 1.62 bits per heavy atom. The van der Waals surface area contributed by atoms with Crippen molar-refractivity contribution in [3.05, 3.63) is 22.0 Å². The van der Waals surface area contributed by atoms with Gasteiger partial charge in [0.2, 0.25) is 0 Å². The number of nitrogens with zero attached hydrogens (tertiary/aromatic N) is 3. The smallest absolute Gasteiger partial charge is 0.291 e. The lowest BCUT2D eigenvalue weighted by atomic mass is 10.3. The number of allylic oxidation sites excluding steroid dienone is 1. The summed E-state index contributed by atoms with van der Waals surface area (Å²) < 4.78 is 0. The van der Waals surface area contributed by atoms with Gasteiger partial charge in [-0.1, -0.05) is 13.3 Å². The maximum atomic E-state index is 8.36. The van der Waals surface area contributed by atoms with Crippen LogP contribution in [0.1, 0.15) is 33.6 Å². The van der Waals surface area contributed by atoms with Crippen molar-refractivity contribution in [3.8, 4) is 0 Å². The molecule has 0 fully saturated rings. The summed E-state index contributed by atoms with van der Waals surface area (Å²) in [4.78, 5) is 13.1. The molecule has 16 heavy (non-hydrogen) atoms. The standard InChI is InChI=1S/C10H20N2.HNO3/c1-5-6-7-12-8-9(2)11(4)10(12)3;2-1(3)4/h8,10H,5-7H2,1-4H3;(H,2,3,4). The van der Waals surface area contributed by atoms with E-state index in [-0.39, 0.29) is 0 Å². The highest BCUT2D eigenvalue weighted by Crippen LogP contribution is 2.19. The topological polar surface area (TPSA) is 69.9 Å². The van der Waals surface area contributed by atoms with E-state index in [2.05, 4.69) is 43.8 Å². The first-order chi connectivity index (χ1) is 7.40. The first kappa shape index (κ1) is 14.5. The number of unbranched alkanes of at least 4 members (excludes halogenated alkanes) is 1. The maximum absolute atomic E-state index is 8.36. The maximum Gasteiger partial charge on any atom is 0.291 e. The molecule has 6 heteroatoms. The van der Waals surface area contributed by atoms with Crippen molar-refractivity contribution in [1.29, 1.82) is 0 Å². The van der Waals surface area contributed by atoms with E-state index in [1.807, 2.05) is 0 Å². The fraction of sp³-hybridized carbons (Fsp3) is 0.800. The molecule has 0 bridgehead atoms. The van der Waals surface area contributed by atoms with E-state index in [0.717, 1.165) is 0 Å². The Morgan fingerprint density at radius 3 is 2.44 bits per heavy atom. The van der Waals surface area contributed by atoms with Gasteiger partial charge in [0, 0.05) is 25.5 Å². The van der Waals surface area contributed by atoms with Crippen molar-refractivity contribution >= 4 is 0 Å². The molecule has 0 radical (unpaired) electrons. The van der Waals surface area contributed by atoms with Crippen molar-refractivity contribution in [1.82, 2.24) is 9.80 Å². The Labute approximate surface area is 96.3 Å². The molecule has 0 aromatic heterocycles. The molecule has 6 nitrogen and oxygen atoms in total. The Hall–Kier alpha value is -1.46. The Balaban J connectivity index is 0.000000487. The van der Waals surface area contributed by atoms with Gasteiger partial charge >= 0.3 is 0 Å². The molecule has 0 amide bonds. The SMILES string of the molecule is CCCCN1C=C(C)N(C)C1C.O=[N+]([O-])O. The van der Waals surface area contributed by atoms with Gasteiger partial charge in [0.25, 0.3) is 5.09 Å². The lowest BCUT2D eigenvalue weighted by molar-refractivity contribution is -0.742. The molecule has 1 rings (SSSR count). The molecule has 0 aromatic carbocycles. The van der Waals surface area contributed by atoms with Crippen LogP contribution in [0.2, 0.25) is 0 Å². The van der Waals surface area contributed by atoms with Crippen LogP contribution in [0.5, 0.6) is 0 Å². The molecule has 1 aliphatic heterocycles. The summed E-state index contributed by atoms with van der Waals surface area (Å²) in [6, 6.07) is 0. The van der Waals surface area contributed by atoms with Crippen molar-refractivity contribution in [2.75, 3.05) is 13.6 Å². The van der Waals surface area contributed by atoms with Crippen molar-refractivity contribution in [2.45, 2.75) is 39.8 Å². The Kier molecular flexibility index (Phi) is 6.29. The van der Waals surface area contributed by atoms with Crippen LogP contribution in [0, 0.1) is 10.1 Å². The number of rotatable bonds is 3. The molecule has 1 aliphatic rings. The third-order valence-electron chi connectivity index (χ3n) is 2.72. The van der Waals surface area contributed by atoms with Crippen molar-refractivity contribution < 1.29 is 10.3 Å². The zero-order valence-corrected chi connectivity index (χ0v) is 10.4. The van der Waals surface area contributed by atoms with E-state index in [0.29, 0.717) is 6.17 Å². The summed E-state index contributed by atoms with van der Waals surface area (Å²) in [7, 11) is 2.16. The average molecular weight is 231 g/mol. The Bertz CT molecular complexity index is 252. The first-order valence-electron chi connectivity index (χ1n) is 5.40. The largest absolute Gasteiger partial charge is 0.357 e. The average Bonchev–Trinajstić information content (AvgIpc) is 2.42. The second-order valence-corrected chi connectivity index (χ2v) is 3.84. The van der Waals surface area contributed by atoms with Gasteiger partial charge in [-0.15, -0.1) is 10.1 Å². The minimum Gasteiger partial charge on any atom is -0.357 e. The van der Waals surface area contributed by atoms with Crippen molar-refractivity contribution in [2.24, 2.45) is 0 Å². The molecule has 0 aromatic rings. The summed E-state index contributed by atoms with van der Waals surface area (Å²) >= 11 is 0. The quantitative estimate of drug-likeness (QED) is 0.593. The molecule has 1 N–H and O–H groups in total. The highest BCUT2D eigenvalue weighted by Gasteiger charge is 2.21. The van der Waals surface area contributed by atoms with Crippen molar-refractivity contribution in [3.63, 3.8) is 0 Å². The van der Waals surface area contributed by atoms with E-state index >= 15 is 0 Å². The Morgan fingerprint density at radius 2 is 2.12 bits per heavy atom. The molecular weight excluding hydrogens is 210 g/mol. The lowest BCUT2D eigenvalue weighted by Gasteiger charge is -2.27. The van der Waals surface area contributed by atoms with Gasteiger partial charge in [0.1, 0.15) is 0 Å². The summed E-state index contributed by atoms with van der Waals surface area (Å²) in [5.74, 6) is 0. The molecule has 1 unspecified atom stereocenters. The van der Waals surface area contributed by atoms with Gasteiger partial charge in [-0.3, -0.25) is 0 Å². The molecule has 1 atom stereocenters. The van der Waals surface area contributed by atoms with Gasteiger partial charge < -0.3 is 15.0 Å². The fourth-order valence-electron chi connectivity index (χ4n) is 1.55. The number of hydrogen-bond donors (Lipinski definition) is 1. The summed E-state index contributed by atoms with van der Waals surface area (Å²) in [6.07, 6.45) is 5.39. The van der Waals surface area contributed by atoms with E-state index in [1.54, 1.807) is 0 Å². The summed E-state index contributed by atoms with van der Waals surface area (Å²) in [5, 5.41) is 13.6. The van der Waals surface area contributed by atoms with Crippen LogP contribution in [0.25, 0.3) is 0 Å². The van der Waals surface area contributed by atoms with Gasteiger partial charge in [-0.2, -0.15) is 0 Å². The zero-order valence-electron chi connectivity index (χ0n) is 10.4. The normalized spacial score (nSPS) is 19.0. The van der Waals surface area contributed by atoms with Crippen LogP contribution in [-0.2, 0) is 0 Å². The highest BCUT2D eigenvalue weighted by molar-refractivity contribution is 5.04. The second-order valence-electron chi connectivity index (χ2n) is 3.84. The van der Waals surface area contributed by atoms with Crippen LogP contribution < -0.4 is 0 Å². The molecule has 0 saturated heterocycles. The van der Waals surface area contributed by atoms with Crippen LogP contribution in [0.3, 0.4) is 0 Å². The third kappa shape index (κ3) is 4.86. The minimum atomic E-state index is -1.50. The van der Waals surface area contributed by atoms with Gasteiger partial charge in [-0.25, -0.2) is 0 Å². The third-order valence-corrected chi connectivity index (χ3v) is 2.72. The van der Waals surface area contributed by atoms with E-state index < -0.39 is 5.09 Å². The molecular formula is C10H21N3O3. The number of hydrogen-bond acceptors (Lipinski definition) is 4. The molecule has 0 saturated carbocycles. The van der Waals surface area contributed by atoms with Gasteiger partial charge in [0.05, 0.1) is 6.17 Å². The summed E-state index contributed by atoms with van der Waals surface area (Å²) in [5.41, 5.74) is 1.37.